The van der Waals surface area contributed by atoms with Crippen molar-refractivity contribution in [3.05, 3.63) is 0 Å². The molecule has 0 heterocycles. The van der Waals surface area contributed by atoms with Crippen LogP contribution < -0.4 is 10.6 Å². The first kappa shape index (κ1) is 15.8. The fourth-order valence-electron chi connectivity index (χ4n) is 2.54. The second kappa shape index (κ2) is 8.02. The number of urea groups is 1. The molecule has 1 saturated carbocycles. The lowest BCUT2D eigenvalue weighted by Crippen LogP contribution is -2.42. The number of aliphatic carboxylic acids is 1. The molecule has 0 saturated heterocycles. The summed E-state index contributed by atoms with van der Waals surface area (Å²) < 4.78 is 0. The third kappa shape index (κ3) is 7.03. The number of carboxylic acid groups (broad SMARTS) is 1. The van der Waals surface area contributed by atoms with Crippen LogP contribution in [0.1, 0.15) is 58.3 Å². The minimum absolute atomic E-state index is 0.137. The van der Waals surface area contributed by atoms with Crippen LogP contribution in [0.15, 0.2) is 0 Å². The summed E-state index contributed by atoms with van der Waals surface area (Å²) in [5.41, 5.74) is 0.249. The number of hydrogen-bond acceptors (Lipinski definition) is 2. The van der Waals surface area contributed by atoms with Crippen molar-refractivity contribution in [2.75, 3.05) is 13.1 Å². The molecule has 1 aliphatic carbocycles. The van der Waals surface area contributed by atoms with Gasteiger partial charge in [-0.15, -0.1) is 0 Å². The lowest BCUT2D eigenvalue weighted by atomic mass is 9.76. The van der Waals surface area contributed by atoms with Crippen molar-refractivity contribution in [1.82, 2.24) is 10.6 Å². The molecule has 0 aliphatic heterocycles. The standard InChI is InChI=1S/C14H26N2O3/c1-14(8-4-2-5-9-14)11-16-13(19)15-10-6-3-7-12(17)18/h2-11H2,1H3,(H,17,18)(H2,15,16,19). The third-order valence-corrected chi connectivity index (χ3v) is 3.84. The van der Waals surface area contributed by atoms with Gasteiger partial charge in [-0.3, -0.25) is 4.79 Å². The van der Waals surface area contributed by atoms with E-state index in [2.05, 4.69) is 17.6 Å². The quantitative estimate of drug-likeness (QED) is 0.622. The Morgan fingerprint density at radius 2 is 1.79 bits per heavy atom. The SMILES string of the molecule is CC1(CNC(=O)NCCCCC(=O)O)CCCCC1. The number of unbranched alkanes of at least 4 members (excludes halogenated alkanes) is 1. The topological polar surface area (TPSA) is 78.4 Å². The van der Waals surface area contributed by atoms with Gasteiger partial charge in [-0.25, -0.2) is 4.79 Å². The van der Waals surface area contributed by atoms with Crippen LogP contribution in [0.5, 0.6) is 0 Å². The Morgan fingerprint density at radius 1 is 1.11 bits per heavy atom. The number of carbonyl (C=O) groups is 2. The Balaban J connectivity index is 2.05. The van der Waals surface area contributed by atoms with E-state index in [0.717, 1.165) is 6.54 Å². The van der Waals surface area contributed by atoms with Gasteiger partial charge >= 0.3 is 12.0 Å². The summed E-state index contributed by atoms with van der Waals surface area (Å²) >= 11 is 0. The molecule has 2 amide bonds. The van der Waals surface area contributed by atoms with Crippen LogP contribution in [-0.4, -0.2) is 30.2 Å². The molecule has 1 fully saturated rings. The Kier molecular flexibility index (Phi) is 6.67. The van der Waals surface area contributed by atoms with E-state index >= 15 is 0 Å². The summed E-state index contributed by atoms with van der Waals surface area (Å²) in [6, 6.07) is -0.137. The van der Waals surface area contributed by atoms with Crippen LogP contribution in [0.3, 0.4) is 0 Å². The fourth-order valence-corrected chi connectivity index (χ4v) is 2.54. The number of carbonyl (C=O) groups excluding carboxylic acids is 1. The second-order valence-electron chi connectivity index (χ2n) is 5.83. The summed E-state index contributed by atoms with van der Waals surface area (Å²) in [7, 11) is 0. The molecule has 1 aliphatic rings. The van der Waals surface area contributed by atoms with Gasteiger partial charge in [0.2, 0.25) is 0 Å². The molecule has 0 spiro atoms. The van der Waals surface area contributed by atoms with Crippen molar-refractivity contribution >= 4 is 12.0 Å². The Morgan fingerprint density at radius 3 is 2.42 bits per heavy atom. The Hall–Kier alpha value is -1.26. The normalized spacial score (nSPS) is 17.7. The first-order chi connectivity index (χ1) is 9.02. The molecule has 0 unspecified atom stereocenters. The minimum Gasteiger partial charge on any atom is -0.481 e. The molecule has 0 aromatic rings. The molecule has 5 heteroatoms. The highest BCUT2D eigenvalue weighted by Crippen LogP contribution is 2.34. The minimum atomic E-state index is -0.783. The van der Waals surface area contributed by atoms with E-state index in [1.807, 2.05) is 0 Å². The van der Waals surface area contributed by atoms with Crippen molar-refractivity contribution in [2.45, 2.75) is 58.3 Å². The van der Waals surface area contributed by atoms with Crippen molar-refractivity contribution < 1.29 is 14.7 Å². The molecule has 0 bridgehead atoms. The van der Waals surface area contributed by atoms with Crippen LogP contribution >= 0.6 is 0 Å². The van der Waals surface area contributed by atoms with Crippen LogP contribution in [0.25, 0.3) is 0 Å². The summed E-state index contributed by atoms with van der Waals surface area (Å²) in [5, 5.41) is 14.2. The van der Waals surface area contributed by atoms with E-state index < -0.39 is 5.97 Å². The smallest absolute Gasteiger partial charge is 0.314 e. The average Bonchev–Trinajstić information content (AvgIpc) is 2.37. The summed E-state index contributed by atoms with van der Waals surface area (Å²) in [5.74, 6) is -0.783. The predicted octanol–water partition coefficient (Wildman–Crippen LogP) is 2.51. The van der Waals surface area contributed by atoms with Gasteiger partial charge in [0.25, 0.3) is 0 Å². The highest BCUT2D eigenvalue weighted by Gasteiger charge is 2.26. The fraction of sp³-hybridized carbons (Fsp3) is 0.857. The second-order valence-corrected chi connectivity index (χ2v) is 5.83. The maximum Gasteiger partial charge on any atom is 0.314 e. The number of rotatable bonds is 7. The summed E-state index contributed by atoms with van der Waals surface area (Å²) in [4.78, 5) is 21.9. The van der Waals surface area contributed by atoms with Crippen molar-refractivity contribution in [3.63, 3.8) is 0 Å². The van der Waals surface area contributed by atoms with E-state index in [1.54, 1.807) is 0 Å². The number of hydrogen-bond donors (Lipinski definition) is 3. The van der Waals surface area contributed by atoms with E-state index in [4.69, 9.17) is 5.11 Å². The first-order valence-corrected chi connectivity index (χ1v) is 7.25. The van der Waals surface area contributed by atoms with Gasteiger partial charge < -0.3 is 15.7 Å². The lowest BCUT2D eigenvalue weighted by Gasteiger charge is -2.33. The Bertz CT molecular complexity index is 299. The molecular formula is C14H26N2O3. The van der Waals surface area contributed by atoms with Gasteiger partial charge in [-0.05, 0) is 31.1 Å². The third-order valence-electron chi connectivity index (χ3n) is 3.84. The highest BCUT2D eigenvalue weighted by atomic mass is 16.4. The van der Waals surface area contributed by atoms with Gasteiger partial charge in [0.15, 0.2) is 0 Å². The lowest BCUT2D eigenvalue weighted by molar-refractivity contribution is -0.137. The predicted molar refractivity (Wildman–Crippen MR) is 74.1 cm³/mol. The van der Waals surface area contributed by atoms with Crippen LogP contribution in [0.2, 0.25) is 0 Å². The highest BCUT2D eigenvalue weighted by molar-refractivity contribution is 5.73. The van der Waals surface area contributed by atoms with E-state index in [9.17, 15) is 9.59 Å². The molecule has 1 rings (SSSR count). The van der Waals surface area contributed by atoms with Crippen molar-refractivity contribution in [2.24, 2.45) is 5.41 Å². The number of nitrogens with one attached hydrogen (secondary N) is 2. The average molecular weight is 270 g/mol. The molecule has 5 nitrogen and oxygen atoms in total. The van der Waals surface area contributed by atoms with Crippen LogP contribution in [0.4, 0.5) is 4.79 Å². The molecule has 0 radical (unpaired) electrons. The zero-order chi connectivity index (χ0) is 14.1. The van der Waals surface area contributed by atoms with Crippen LogP contribution in [0, 0.1) is 5.41 Å². The van der Waals surface area contributed by atoms with Gasteiger partial charge in [0, 0.05) is 19.5 Å². The zero-order valence-electron chi connectivity index (χ0n) is 11.8. The molecule has 0 aromatic carbocycles. The van der Waals surface area contributed by atoms with Crippen molar-refractivity contribution in [1.29, 1.82) is 0 Å². The zero-order valence-corrected chi connectivity index (χ0v) is 11.8. The van der Waals surface area contributed by atoms with Crippen molar-refractivity contribution in [3.8, 4) is 0 Å². The van der Waals surface area contributed by atoms with Gasteiger partial charge in [-0.2, -0.15) is 0 Å². The van der Waals surface area contributed by atoms with Crippen LogP contribution in [-0.2, 0) is 4.79 Å². The first-order valence-electron chi connectivity index (χ1n) is 7.25. The summed E-state index contributed by atoms with van der Waals surface area (Å²) in [6.07, 6.45) is 7.68. The maximum atomic E-state index is 11.6. The van der Waals surface area contributed by atoms with E-state index in [0.29, 0.717) is 19.4 Å². The molecular weight excluding hydrogens is 244 g/mol. The number of amides is 2. The van der Waals surface area contributed by atoms with Gasteiger partial charge in [0.1, 0.15) is 0 Å². The molecule has 0 atom stereocenters. The molecule has 3 N–H and O–H groups in total. The molecule has 0 aromatic heterocycles. The molecule has 19 heavy (non-hydrogen) atoms. The van der Waals surface area contributed by atoms with Gasteiger partial charge in [0.05, 0.1) is 0 Å². The number of carboxylic acids is 1. The summed E-state index contributed by atoms with van der Waals surface area (Å²) in [6.45, 7) is 3.50. The van der Waals surface area contributed by atoms with E-state index in [1.165, 1.54) is 32.1 Å². The monoisotopic (exact) mass is 270 g/mol. The largest absolute Gasteiger partial charge is 0.481 e. The Labute approximate surface area is 115 Å². The van der Waals surface area contributed by atoms with E-state index in [-0.39, 0.29) is 17.9 Å². The van der Waals surface area contributed by atoms with Gasteiger partial charge in [-0.1, -0.05) is 26.2 Å². The molecule has 110 valence electrons. The maximum absolute atomic E-state index is 11.6.